The number of ether oxygens (including phenoxy) is 1. The number of nitrogens with zero attached hydrogens (tertiary/aromatic N) is 3. The van der Waals surface area contributed by atoms with Crippen LogP contribution in [0.15, 0.2) is 36.7 Å². The molecular formula is C19H27N5O2. The van der Waals surface area contributed by atoms with Gasteiger partial charge in [-0.2, -0.15) is 0 Å². The maximum Gasteiger partial charge on any atom is 0.270 e. The molecule has 0 saturated carbocycles. The SMILES string of the molecule is CC(C)Oc1ccc(Nc2cc(C(=O)NCCCN(C)C)ncn2)cc1. The van der Waals surface area contributed by atoms with E-state index in [1.165, 1.54) is 6.33 Å². The van der Waals surface area contributed by atoms with Crippen LogP contribution < -0.4 is 15.4 Å². The van der Waals surface area contributed by atoms with Crippen molar-refractivity contribution in [3.63, 3.8) is 0 Å². The van der Waals surface area contributed by atoms with Crippen LogP contribution in [0.5, 0.6) is 5.75 Å². The number of nitrogens with one attached hydrogen (secondary N) is 2. The van der Waals surface area contributed by atoms with Gasteiger partial charge in [0.15, 0.2) is 0 Å². The first kappa shape index (κ1) is 19.7. The third kappa shape index (κ3) is 6.68. The van der Waals surface area contributed by atoms with Gasteiger partial charge in [0.25, 0.3) is 5.91 Å². The molecule has 26 heavy (non-hydrogen) atoms. The summed E-state index contributed by atoms with van der Waals surface area (Å²) in [6.07, 6.45) is 2.40. The summed E-state index contributed by atoms with van der Waals surface area (Å²) in [5, 5.41) is 6.04. The lowest BCUT2D eigenvalue weighted by molar-refractivity contribution is 0.0947. The van der Waals surface area contributed by atoms with Crippen molar-refractivity contribution in [2.24, 2.45) is 0 Å². The first-order valence-corrected chi connectivity index (χ1v) is 8.73. The molecule has 0 atom stereocenters. The number of benzene rings is 1. The van der Waals surface area contributed by atoms with Crippen LogP contribution in [0.1, 0.15) is 30.8 Å². The second-order valence-corrected chi connectivity index (χ2v) is 6.52. The summed E-state index contributed by atoms with van der Waals surface area (Å²) in [6, 6.07) is 9.23. The van der Waals surface area contributed by atoms with Crippen LogP contribution in [0.25, 0.3) is 0 Å². The monoisotopic (exact) mass is 357 g/mol. The molecule has 2 aromatic rings. The topological polar surface area (TPSA) is 79.4 Å². The van der Waals surface area contributed by atoms with Crippen molar-refractivity contribution < 1.29 is 9.53 Å². The zero-order chi connectivity index (χ0) is 18.9. The van der Waals surface area contributed by atoms with Gasteiger partial charge >= 0.3 is 0 Å². The number of carbonyl (C=O) groups is 1. The first-order chi connectivity index (χ1) is 12.4. The summed E-state index contributed by atoms with van der Waals surface area (Å²) >= 11 is 0. The average molecular weight is 357 g/mol. The van der Waals surface area contributed by atoms with Crippen LogP contribution in [0, 0.1) is 0 Å². The minimum atomic E-state index is -0.199. The van der Waals surface area contributed by atoms with Crippen LogP contribution in [0.4, 0.5) is 11.5 Å². The molecule has 1 heterocycles. The largest absolute Gasteiger partial charge is 0.491 e. The third-order valence-corrected chi connectivity index (χ3v) is 3.47. The molecule has 0 bridgehead atoms. The van der Waals surface area contributed by atoms with Crippen molar-refractivity contribution >= 4 is 17.4 Å². The van der Waals surface area contributed by atoms with E-state index in [1.807, 2.05) is 52.2 Å². The predicted octanol–water partition coefficient (Wildman–Crippen LogP) is 2.69. The van der Waals surface area contributed by atoms with Gasteiger partial charge in [-0.05, 0) is 65.2 Å². The maximum absolute atomic E-state index is 12.2. The molecule has 0 spiro atoms. The van der Waals surface area contributed by atoms with Gasteiger partial charge in [0, 0.05) is 18.3 Å². The number of aromatic nitrogens is 2. The van der Waals surface area contributed by atoms with E-state index in [4.69, 9.17) is 4.74 Å². The quantitative estimate of drug-likeness (QED) is 0.672. The first-order valence-electron chi connectivity index (χ1n) is 8.73. The van der Waals surface area contributed by atoms with E-state index >= 15 is 0 Å². The summed E-state index contributed by atoms with van der Waals surface area (Å²) in [6.45, 7) is 5.51. The molecule has 0 aliphatic carbocycles. The normalized spacial score (nSPS) is 10.8. The van der Waals surface area contributed by atoms with Crippen molar-refractivity contribution in [3.05, 3.63) is 42.4 Å². The van der Waals surface area contributed by atoms with Crippen LogP contribution in [0.3, 0.4) is 0 Å². The fourth-order valence-electron chi connectivity index (χ4n) is 2.27. The second-order valence-electron chi connectivity index (χ2n) is 6.52. The fourth-order valence-corrected chi connectivity index (χ4v) is 2.27. The lowest BCUT2D eigenvalue weighted by Gasteiger charge is -2.11. The highest BCUT2D eigenvalue weighted by Gasteiger charge is 2.08. The summed E-state index contributed by atoms with van der Waals surface area (Å²) in [5.41, 5.74) is 1.20. The van der Waals surface area contributed by atoms with Crippen LogP contribution in [-0.4, -0.2) is 54.1 Å². The van der Waals surface area contributed by atoms with Gasteiger partial charge < -0.3 is 20.3 Å². The number of carbonyl (C=O) groups excluding carboxylic acids is 1. The van der Waals surface area contributed by atoms with Gasteiger partial charge in [-0.25, -0.2) is 9.97 Å². The zero-order valence-electron chi connectivity index (χ0n) is 15.8. The van der Waals surface area contributed by atoms with E-state index in [2.05, 4.69) is 25.5 Å². The Labute approximate surface area is 154 Å². The second kappa shape index (κ2) is 9.72. The van der Waals surface area contributed by atoms with Crippen molar-refractivity contribution in [3.8, 4) is 5.75 Å². The van der Waals surface area contributed by atoms with E-state index in [-0.39, 0.29) is 12.0 Å². The van der Waals surface area contributed by atoms with E-state index in [0.29, 0.717) is 18.1 Å². The van der Waals surface area contributed by atoms with Crippen molar-refractivity contribution in [1.29, 1.82) is 0 Å². The van der Waals surface area contributed by atoms with E-state index < -0.39 is 0 Å². The maximum atomic E-state index is 12.2. The fraction of sp³-hybridized carbons (Fsp3) is 0.421. The van der Waals surface area contributed by atoms with Crippen molar-refractivity contribution in [2.45, 2.75) is 26.4 Å². The number of amides is 1. The highest BCUT2D eigenvalue weighted by Crippen LogP contribution is 2.19. The van der Waals surface area contributed by atoms with Gasteiger partial charge in [-0.3, -0.25) is 4.79 Å². The van der Waals surface area contributed by atoms with Gasteiger partial charge in [-0.1, -0.05) is 0 Å². The molecule has 0 fully saturated rings. The molecule has 7 heteroatoms. The Morgan fingerprint density at radius 1 is 1.19 bits per heavy atom. The molecule has 2 rings (SSSR count). The van der Waals surface area contributed by atoms with Gasteiger partial charge in [0.2, 0.25) is 0 Å². The smallest absolute Gasteiger partial charge is 0.270 e. The lowest BCUT2D eigenvalue weighted by Crippen LogP contribution is -2.27. The molecule has 1 aromatic carbocycles. The van der Waals surface area contributed by atoms with Gasteiger partial charge in [0.1, 0.15) is 23.6 Å². The third-order valence-electron chi connectivity index (χ3n) is 3.47. The molecule has 0 aliphatic heterocycles. The minimum absolute atomic E-state index is 0.134. The highest BCUT2D eigenvalue weighted by atomic mass is 16.5. The van der Waals surface area contributed by atoms with E-state index in [1.54, 1.807) is 6.07 Å². The predicted molar refractivity (Wildman–Crippen MR) is 103 cm³/mol. The minimum Gasteiger partial charge on any atom is -0.491 e. The number of anilines is 2. The number of rotatable bonds is 9. The Kier molecular flexibility index (Phi) is 7.35. The van der Waals surface area contributed by atoms with Gasteiger partial charge in [-0.15, -0.1) is 0 Å². The lowest BCUT2D eigenvalue weighted by atomic mass is 10.3. The Morgan fingerprint density at radius 3 is 2.58 bits per heavy atom. The zero-order valence-corrected chi connectivity index (χ0v) is 15.8. The average Bonchev–Trinajstić information content (AvgIpc) is 2.60. The summed E-state index contributed by atoms with van der Waals surface area (Å²) < 4.78 is 5.62. The molecule has 0 aliphatic rings. The molecular weight excluding hydrogens is 330 g/mol. The van der Waals surface area contributed by atoms with Crippen LogP contribution in [-0.2, 0) is 0 Å². The number of hydrogen-bond acceptors (Lipinski definition) is 6. The molecule has 0 saturated heterocycles. The molecule has 1 amide bonds. The molecule has 0 unspecified atom stereocenters. The molecule has 140 valence electrons. The Morgan fingerprint density at radius 2 is 1.92 bits per heavy atom. The Bertz CT molecular complexity index is 701. The van der Waals surface area contributed by atoms with Gasteiger partial charge in [0.05, 0.1) is 6.10 Å². The molecule has 7 nitrogen and oxygen atoms in total. The van der Waals surface area contributed by atoms with Crippen LogP contribution >= 0.6 is 0 Å². The highest BCUT2D eigenvalue weighted by molar-refractivity contribution is 5.92. The Hall–Kier alpha value is -2.67. The van der Waals surface area contributed by atoms with Crippen LogP contribution in [0.2, 0.25) is 0 Å². The standard InChI is InChI=1S/C19H27N5O2/c1-14(2)26-16-8-6-15(7-9-16)23-18-12-17(21-13-22-18)19(25)20-10-5-11-24(3)4/h6-9,12-14H,5,10-11H2,1-4H3,(H,20,25)(H,21,22,23). The van der Waals surface area contributed by atoms with Crippen molar-refractivity contribution in [2.75, 3.05) is 32.5 Å². The molecule has 2 N–H and O–H groups in total. The van der Waals surface area contributed by atoms with E-state index in [0.717, 1.165) is 24.4 Å². The summed E-state index contributed by atoms with van der Waals surface area (Å²) in [4.78, 5) is 22.5. The molecule has 0 radical (unpaired) electrons. The number of hydrogen-bond donors (Lipinski definition) is 2. The van der Waals surface area contributed by atoms with E-state index in [9.17, 15) is 4.79 Å². The molecule has 1 aromatic heterocycles. The van der Waals surface area contributed by atoms with Crippen molar-refractivity contribution in [1.82, 2.24) is 20.2 Å². The summed E-state index contributed by atoms with van der Waals surface area (Å²) in [7, 11) is 4.01. The Balaban J connectivity index is 1.92. The summed E-state index contributed by atoms with van der Waals surface area (Å²) in [5.74, 6) is 1.18.